The Bertz CT molecular complexity index is 523. The summed E-state index contributed by atoms with van der Waals surface area (Å²) in [5.74, 6) is 0.934. The molecule has 0 radical (unpaired) electrons. The fourth-order valence-corrected chi connectivity index (χ4v) is 2.11. The maximum atomic E-state index is 5.56. The van der Waals surface area contributed by atoms with E-state index >= 15 is 0 Å². The predicted octanol–water partition coefficient (Wildman–Crippen LogP) is 1.74. The number of nitrogens with one attached hydrogen (secondary N) is 1. The fraction of sp³-hybridized carbons (Fsp3) is 0.417. The summed E-state index contributed by atoms with van der Waals surface area (Å²) in [5, 5.41) is 0. The summed E-state index contributed by atoms with van der Waals surface area (Å²) < 4.78 is 10.8. The highest BCUT2D eigenvalue weighted by molar-refractivity contribution is 5.76. The summed E-state index contributed by atoms with van der Waals surface area (Å²) >= 11 is 0. The number of rotatable bonds is 2. The van der Waals surface area contributed by atoms with Crippen LogP contribution in [-0.2, 0) is 15.1 Å². The molecule has 1 saturated heterocycles. The topological polar surface area (TPSA) is 47.1 Å². The molecule has 1 fully saturated rings. The van der Waals surface area contributed by atoms with Gasteiger partial charge in [0, 0.05) is 7.11 Å². The van der Waals surface area contributed by atoms with E-state index in [1.54, 1.807) is 7.11 Å². The highest BCUT2D eigenvalue weighted by Crippen LogP contribution is 2.34. The lowest BCUT2D eigenvalue weighted by Gasteiger charge is -2.40. The van der Waals surface area contributed by atoms with Crippen LogP contribution in [0.15, 0.2) is 18.2 Å². The zero-order valence-corrected chi connectivity index (χ0v) is 9.41. The Hall–Kier alpha value is -1.39. The smallest absolute Gasteiger partial charge is 0.139 e. The van der Waals surface area contributed by atoms with Crippen molar-refractivity contribution < 1.29 is 9.47 Å². The Labute approximate surface area is 93.6 Å². The van der Waals surface area contributed by atoms with Gasteiger partial charge in [-0.1, -0.05) is 6.07 Å². The van der Waals surface area contributed by atoms with Crippen LogP contribution in [0.2, 0.25) is 0 Å². The van der Waals surface area contributed by atoms with Crippen molar-refractivity contribution in [3.8, 4) is 0 Å². The molecule has 3 rings (SSSR count). The molecule has 1 aliphatic rings. The molecule has 1 aromatic heterocycles. The van der Waals surface area contributed by atoms with E-state index in [1.165, 1.54) is 0 Å². The first kappa shape index (κ1) is 9.81. The zero-order chi connectivity index (χ0) is 11.2. The van der Waals surface area contributed by atoms with Gasteiger partial charge in [0.2, 0.25) is 0 Å². The van der Waals surface area contributed by atoms with Crippen LogP contribution < -0.4 is 0 Å². The molecule has 1 aromatic carbocycles. The average Bonchev–Trinajstić information content (AvgIpc) is 2.56. The van der Waals surface area contributed by atoms with Crippen LogP contribution in [0.1, 0.15) is 11.4 Å². The van der Waals surface area contributed by atoms with Gasteiger partial charge in [-0.15, -0.1) is 0 Å². The number of aromatic amines is 1. The molecule has 0 atom stereocenters. The highest BCUT2D eigenvalue weighted by Gasteiger charge is 2.40. The molecule has 0 spiro atoms. The lowest BCUT2D eigenvalue weighted by Crippen LogP contribution is -2.48. The van der Waals surface area contributed by atoms with Gasteiger partial charge in [-0.2, -0.15) is 0 Å². The summed E-state index contributed by atoms with van der Waals surface area (Å²) in [7, 11) is 1.73. The quantitative estimate of drug-likeness (QED) is 0.835. The molecule has 0 aliphatic carbocycles. The van der Waals surface area contributed by atoms with Crippen molar-refractivity contribution in [3.05, 3.63) is 29.6 Å². The summed E-state index contributed by atoms with van der Waals surface area (Å²) in [6, 6.07) is 6.18. The van der Waals surface area contributed by atoms with Crippen molar-refractivity contribution in [2.45, 2.75) is 12.5 Å². The third kappa shape index (κ3) is 1.27. The van der Waals surface area contributed by atoms with Gasteiger partial charge in [-0.25, -0.2) is 4.98 Å². The first-order chi connectivity index (χ1) is 7.73. The number of hydrogen-bond acceptors (Lipinski definition) is 3. The third-order valence-electron chi connectivity index (χ3n) is 3.19. The number of aryl methyl sites for hydroxylation is 1. The van der Waals surface area contributed by atoms with Crippen molar-refractivity contribution in [3.63, 3.8) is 0 Å². The monoisotopic (exact) mass is 218 g/mol. The first-order valence-electron chi connectivity index (χ1n) is 5.33. The minimum absolute atomic E-state index is 0.257. The van der Waals surface area contributed by atoms with E-state index in [4.69, 9.17) is 9.47 Å². The van der Waals surface area contributed by atoms with E-state index in [9.17, 15) is 0 Å². The summed E-state index contributed by atoms with van der Waals surface area (Å²) in [6.45, 7) is 3.21. The lowest BCUT2D eigenvalue weighted by molar-refractivity contribution is -0.202. The van der Waals surface area contributed by atoms with Crippen molar-refractivity contribution in [2.75, 3.05) is 20.3 Å². The van der Waals surface area contributed by atoms with Crippen LogP contribution in [-0.4, -0.2) is 30.3 Å². The maximum absolute atomic E-state index is 5.56. The minimum Gasteiger partial charge on any atom is -0.375 e. The second-order valence-electron chi connectivity index (χ2n) is 4.25. The summed E-state index contributed by atoms with van der Waals surface area (Å²) in [6.07, 6.45) is 0. The van der Waals surface area contributed by atoms with E-state index in [0.29, 0.717) is 13.2 Å². The molecule has 0 amide bonds. The Morgan fingerprint density at radius 3 is 2.88 bits per heavy atom. The van der Waals surface area contributed by atoms with E-state index in [2.05, 4.69) is 22.1 Å². The first-order valence-corrected chi connectivity index (χ1v) is 5.33. The Morgan fingerprint density at radius 2 is 2.25 bits per heavy atom. The largest absolute Gasteiger partial charge is 0.375 e. The van der Waals surface area contributed by atoms with Gasteiger partial charge in [-0.3, -0.25) is 0 Å². The van der Waals surface area contributed by atoms with Crippen LogP contribution in [0.25, 0.3) is 11.0 Å². The zero-order valence-electron chi connectivity index (χ0n) is 9.41. The van der Waals surface area contributed by atoms with Gasteiger partial charge in [0.05, 0.1) is 24.2 Å². The Balaban J connectivity index is 2.10. The van der Waals surface area contributed by atoms with Gasteiger partial charge in [-0.05, 0) is 24.6 Å². The van der Waals surface area contributed by atoms with E-state index in [1.807, 2.05) is 13.0 Å². The van der Waals surface area contributed by atoms with Gasteiger partial charge >= 0.3 is 0 Å². The molecule has 1 N–H and O–H groups in total. The van der Waals surface area contributed by atoms with E-state index in [0.717, 1.165) is 22.4 Å². The summed E-state index contributed by atoms with van der Waals surface area (Å²) in [5.41, 5.74) is 2.94. The summed E-state index contributed by atoms with van der Waals surface area (Å²) in [4.78, 5) is 7.61. The number of nitrogens with zero attached hydrogens (tertiary/aromatic N) is 1. The third-order valence-corrected chi connectivity index (χ3v) is 3.19. The van der Waals surface area contributed by atoms with Gasteiger partial charge in [0.1, 0.15) is 11.4 Å². The van der Waals surface area contributed by atoms with Crippen molar-refractivity contribution >= 4 is 11.0 Å². The predicted molar refractivity (Wildman–Crippen MR) is 60.3 cm³/mol. The normalized spacial score (nSPS) is 18.6. The van der Waals surface area contributed by atoms with E-state index in [-0.39, 0.29) is 5.60 Å². The second kappa shape index (κ2) is 3.30. The highest BCUT2D eigenvalue weighted by atomic mass is 16.6. The molecule has 0 bridgehead atoms. The molecular weight excluding hydrogens is 204 g/mol. The second-order valence-corrected chi connectivity index (χ2v) is 4.25. The maximum Gasteiger partial charge on any atom is 0.139 e. The van der Waals surface area contributed by atoms with Crippen LogP contribution in [0.3, 0.4) is 0 Å². The standard InChI is InChI=1S/C12H14N2O2/c1-8-13-10-4-3-9(5-11(10)14-8)12(15-2)6-16-7-12/h3-5H,6-7H2,1-2H3,(H,13,14). The van der Waals surface area contributed by atoms with Crippen LogP contribution in [0.4, 0.5) is 0 Å². The molecule has 2 aromatic rings. The number of imidazole rings is 1. The number of H-pyrrole nitrogens is 1. The van der Waals surface area contributed by atoms with Crippen molar-refractivity contribution in [2.24, 2.45) is 0 Å². The van der Waals surface area contributed by atoms with Gasteiger partial charge < -0.3 is 14.5 Å². The number of hydrogen-bond donors (Lipinski definition) is 1. The number of methoxy groups -OCH3 is 1. The van der Waals surface area contributed by atoms with Crippen molar-refractivity contribution in [1.82, 2.24) is 9.97 Å². The van der Waals surface area contributed by atoms with Crippen LogP contribution >= 0.6 is 0 Å². The molecule has 16 heavy (non-hydrogen) atoms. The molecule has 4 heteroatoms. The van der Waals surface area contributed by atoms with E-state index < -0.39 is 0 Å². The Kier molecular flexibility index (Phi) is 2.02. The molecular formula is C12H14N2O2. The number of ether oxygens (including phenoxy) is 2. The number of fused-ring (bicyclic) bond motifs is 1. The van der Waals surface area contributed by atoms with Crippen molar-refractivity contribution in [1.29, 1.82) is 0 Å². The minimum atomic E-state index is -0.257. The molecule has 0 saturated carbocycles. The molecule has 84 valence electrons. The molecule has 4 nitrogen and oxygen atoms in total. The molecule has 1 aliphatic heterocycles. The van der Waals surface area contributed by atoms with Gasteiger partial charge in [0.25, 0.3) is 0 Å². The number of benzene rings is 1. The Morgan fingerprint density at radius 1 is 1.44 bits per heavy atom. The fourth-order valence-electron chi connectivity index (χ4n) is 2.11. The lowest BCUT2D eigenvalue weighted by atomic mass is 9.91. The molecule has 2 heterocycles. The average molecular weight is 218 g/mol. The van der Waals surface area contributed by atoms with Crippen LogP contribution in [0.5, 0.6) is 0 Å². The van der Waals surface area contributed by atoms with Crippen LogP contribution in [0, 0.1) is 6.92 Å². The SMILES string of the molecule is COC1(c2ccc3nc(C)[nH]c3c2)COC1. The number of aromatic nitrogens is 2. The molecule has 0 unspecified atom stereocenters. The van der Waals surface area contributed by atoms with Gasteiger partial charge in [0.15, 0.2) is 0 Å².